The molecule has 0 aliphatic carbocycles. The molecule has 0 radical (unpaired) electrons. The molecule has 2 N–H and O–H groups in total. The van der Waals surface area contributed by atoms with Crippen LogP contribution >= 0.6 is 0 Å². The van der Waals surface area contributed by atoms with E-state index in [0.29, 0.717) is 5.69 Å². The molecule has 0 bridgehead atoms. The monoisotopic (exact) mass is 318 g/mol. The zero-order valence-electron chi connectivity index (χ0n) is 13.9. The van der Waals surface area contributed by atoms with Gasteiger partial charge in [0.15, 0.2) is 0 Å². The second-order valence-electron chi connectivity index (χ2n) is 6.52. The maximum atomic E-state index is 11.8. The second kappa shape index (κ2) is 8.11. The summed E-state index contributed by atoms with van der Waals surface area (Å²) in [5.41, 5.74) is 1.82. The molecule has 0 saturated carbocycles. The molecular weight excluding hydrogens is 292 g/mol. The zero-order valence-corrected chi connectivity index (χ0v) is 13.9. The molecule has 1 heterocycles. The minimum atomic E-state index is -1.11. The molecule has 1 atom stereocenters. The van der Waals surface area contributed by atoms with Crippen LogP contribution < -0.4 is 5.32 Å². The van der Waals surface area contributed by atoms with Gasteiger partial charge >= 0.3 is 5.97 Å². The number of benzene rings is 1. The second-order valence-corrected chi connectivity index (χ2v) is 6.52. The highest BCUT2D eigenvalue weighted by atomic mass is 16.4. The van der Waals surface area contributed by atoms with Crippen molar-refractivity contribution >= 4 is 17.6 Å². The summed E-state index contributed by atoms with van der Waals surface area (Å²) in [6.45, 7) is 7.04. The highest BCUT2D eigenvalue weighted by Crippen LogP contribution is 2.17. The molecule has 0 spiro atoms. The van der Waals surface area contributed by atoms with Crippen LogP contribution in [0.25, 0.3) is 0 Å². The minimum Gasteiger partial charge on any atom is -0.481 e. The molecular formula is C18H26N2O3. The summed E-state index contributed by atoms with van der Waals surface area (Å²) in [6.07, 6.45) is 3.47. The predicted molar refractivity (Wildman–Crippen MR) is 90.4 cm³/mol. The molecule has 2 rings (SSSR count). The maximum absolute atomic E-state index is 11.8. The number of nitrogens with one attached hydrogen (secondary N) is 1. The van der Waals surface area contributed by atoms with Crippen molar-refractivity contribution in [3.8, 4) is 0 Å². The third kappa shape index (κ3) is 5.36. The Morgan fingerprint density at radius 1 is 1.35 bits per heavy atom. The maximum Gasteiger partial charge on any atom is 0.315 e. The van der Waals surface area contributed by atoms with Gasteiger partial charge in [-0.25, -0.2) is 0 Å². The van der Waals surface area contributed by atoms with Gasteiger partial charge in [-0.1, -0.05) is 19.1 Å². The molecule has 1 unspecified atom stereocenters. The van der Waals surface area contributed by atoms with Gasteiger partial charge in [-0.3, -0.25) is 9.59 Å². The lowest BCUT2D eigenvalue weighted by Gasteiger charge is -2.30. The Hall–Kier alpha value is -1.88. The number of nitrogens with zero attached hydrogens (tertiary/aromatic N) is 1. The number of carboxylic acids is 1. The number of amides is 1. The summed E-state index contributed by atoms with van der Waals surface area (Å²) in [5, 5.41) is 11.5. The molecule has 1 aromatic rings. The first kappa shape index (κ1) is 17.5. The van der Waals surface area contributed by atoms with Gasteiger partial charge in [0.25, 0.3) is 0 Å². The smallest absolute Gasteiger partial charge is 0.315 e. The molecule has 1 saturated heterocycles. The average molecular weight is 318 g/mol. The van der Waals surface area contributed by atoms with E-state index in [1.54, 1.807) is 6.07 Å². The zero-order chi connectivity index (χ0) is 16.8. The first-order chi connectivity index (χ1) is 11.0. The number of piperidine rings is 1. The molecule has 1 aromatic carbocycles. The number of carbonyl (C=O) groups is 2. The quantitative estimate of drug-likeness (QED) is 0.791. The van der Waals surface area contributed by atoms with E-state index < -0.39 is 17.8 Å². The predicted octanol–water partition coefficient (Wildman–Crippen LogP) is 2.62. The van der Waals surface area contributed by atoms with Crippen molar-refractivity contribution in [3.63, 3.8) is 0 Å². The van der Waals surface area contributed by atoms with Crippen LogP contribution in [-0.4, -0.2) is 41.5 Å². The van der Waals surface area contributed by atoms with Crippen LogP contribution in [-0.2, 0) is 16.0 Å². The number of anilines is 1. The van der Waals surface area contributed by atoms with E-state index in [1.807, 2.05) is 18.2 Å². The van der Waals surface area contributed by atoms with Gasteiger partial charge in [0.1, 0.15) is 5.92 Å². The largest absolute Gasteiger partial charge is 0.481 e. The van der Waals surface area contributed by atoms with Gasteiger partial charge in [0.2, 0.25) is 5.91 Å². The molecule has 126 valence electrons. The average Bonchev–Trinajstić information content (AvgIpc) is 2.54. The first-order valence-electron chi connectivity index (χ1n) is 8.30. The van der Waals surface area contributed by atoms with Crippen LogP contribution in [0.1, 0.15) is 32.3 Å². The van der Waals surface area contributed by atoms with Crippen molar-refractivity contribution in [1.82, 2.24) is 4.90 Å². The van der Waals surface area contributed by atoms with E-state index in [1.165, 1.54) is 19.8 Å². The number of rotatable bonds is 6. The van der Waals surface area contributed by atoms with Crippen molar-refractivity contribution in [3.05, 3.63) is 29.8 Å². The van der Waals surface area contributed by atoms with Crippen molar-refractivity contribution in [2.45, 2.75) is 33.1 Å². The van der Waals surface area contributed by atoms with Crippen molar-refractivity contribution in [2.24, 2.45) is 11.8 Å². The highest BCUT2D eigenvalue weighted by Gasteiger charge is 2.20. The van der Waals surface area contributed by atoms with Gasteiger partial charge in [-0.05, 0) is 62.9 Å². The SMILES string of the molecule is CC1CCN(CCc2cccc(NC(=O)C(C)C(=O)O)c2)CC1. The van der Waals surface area contributed by atoms with Crippen molar-refractivity contribution < 1.29 is 14.7 Å². The topological polar surface area (TPSA) is 69.6 Å². The van der Waals surface area contributed by atoms with E-state index in [0.717, 1.165) is 37.5 Å². The lowest BCUT2D eigenvalue weighted by atomic mass is 9.99. The third-order valence-electron chi connectivity index (χ3n) is 4.55. The van der Waals surface area contributed by atoms with Crippen LogP contribution in [0.3, 0.4) is 0 Å². The summed E-state index contributed by atoms with van der Waals surface area (Å²) >= 11 is 0. The molecule has 1 aliphatic rings. The number of carbonyl (C=O) groups excluding carboxylic acids is 1. The summed E-state index contributed by atoms with van der Waals surface area (Å²) in [6, 6.07) is 7.66. The van der Waals surface area contributed by atoms with Crippen LogP contribution in [0, 0.1) is 11.8 Å². The molecule has 1 amide bonds. The third-order valence-corrected chi connectivity index (χ3v) is 4.55. The molecule has 1 aliphatic heterocycles. The van der Waals surface area contributed by atoms with E-state index in [4.69, 9.17) is 5.11 Å². The fourth-order valence-electron chi connectivity index (χ4n) is 2.74. The Morgan fingerprint density at radius 3 is 2.70 bits per heavy atom. The van der Waals surface area contributed by atoms with Crippen LogP contribution in [0.2, 0.25) is 0 Å². The number of aliphatic carboxylic acids is 1. The summed E-state index contributed by atoms with van der Waals surface area (Å²) in [5.74, 6) is -1.81. The number of carboxylic acid groups (broad SMARTS) is 1. The van der Waals surface area contributed by atoms with Gasteiger partial charge in [0.05, 0.1) is 0 Å². The van der Waals surface area contributed by atoms with E-state index in [2.05, 4.69) is 17.1 Å². The Kier molecular flexibility index (Phi) is 6.16. The Balaban J connectivity index is 1.87. The molecule has 1 fully saturated rings. The summed E-state index contributed by atoms with van der Waals surface area (Å²) in [7, 11) is 0. The fourth-order valence-corrected chi connectivity index (χ4v) is 2.74. The lowest BCUT2D eigenvalue weighted by molar-refractivity contribution is -0.144. The highest BCUT2D eigenvalue weighted by molar-refractivity contribution is 6.03. The van der Waals surface area contributed by atoms with Crippen molar-refractivity contribution in [1.29, 1.82) is 0 Å². The van der Waals surface area contributed by atoms with Crippen LogP contribution in [0.5, 0.6) is 0 Å². The molecule has 0 aromatic heterocycles. The summed E-state index contributed by atoms with van der Waals surface area (Å²) < 4.78 is 0. The number of hydrogen-bond acceptors (Lipinski definition) is 3. The molecule has 5 heteroatoms. The minimum absolute atomic E-state index is 0.486. The van der Waals surface area contributed by atoms with Gasteiger partial charge in [-0.15, -0.1) is 0 Å². The van der Waals surface area contributed by atoms with E-state index >= 15 is 0 Å². The Bertz CT molecular complexity index is 551. The first-order valence-corrected chi connectivity index (χ1v) is 8.30. The summed E-state index contributed by atoms with van der Waals surface area (Å²) in [4.78, 5) is 25.1. The standard InChI is InChI=1S/C18H26N2O3/c1-13-6-9-20(10-7-13)11-8-15-4-3-5-16(12-15)19-17(21)14(2)18(22)23/h3-5,12-14H,6-11H2,1-2H3,(H,19,21)(H,22,23). The van der Waals surface area contributed by atoms with Gasteiger partial charge in [-0.2, -0.15) is 0 Å². The van der Waals surface area contributed by atoms with E-state index in [-0.39, 0.29) is 0 Å². The van der Waals surface area contributed by atoms with Gasteiger partial charge in [0, 0.05) is 12.2 Å². The van der Waals surface area contributed by atoms with Crippen molar-refractivity contribution in [2.75, 3.05) is 25.0 Å². The Labute approximate surface area is 137 Å². The fraction of sp³-hybridized carbons (Fsp3) is 0.556. The van der Waals surface area contributed by atoms with Crippen LogP contribution in [0.15, 0.2) is 24.3 Å². The van der Waals surface area contributed by atoms with E-state index in [9.17, 15) is 9.59 Å². The number of likely N-dealkylation sites (tertiary alicyclic amines) is 1. The lowest BCUT2D eigenvalue weighted by Crippen LogP contribution is -2.34. The molecule has 5 nitrogen and oxygen atoms in total. The molecule has 23 heavy (non-hydrogen) atoms. The van der Waals surface area contributed by atoms with Crippen LogP contribution in [0.4, 0.5) is 5.69 Å². The normalized spacial score (nSPS) is 17.7. The Morgan fingerprint density at radius 2 is 2.04 bits per heavy atom. The van der Waals surface area contributed by atoms with Gasteiger partial charge < -0.3 is 15.3 Å². The number of hydrogen-bond donors (Lipinski definition) is 2.